The van der Waals surface area contributed by atoms with Gasteiger partial charge in [-0.05, 0) is 11.1 Å². The fourth-order valence-corrected chi connectivity index (χ4v) is 5.50. The predicted molar refractivity (Wildman–Crippen MR) is 191 cm³/mol. The van der Waals surface area contributed by atoms with Crippen LogP contribution < -0.4 is 0 Å². The summed E-state index contributed by atoms with van der Waals surface area (Å²) in [7, 11) is 0. The Bertz CT molecular complexity index is 2240. The van der Waals surface area contributed by atoms with Gasteiger partial charge in [-0.25, -0.2) is 29.9 Å². The SMILES string of the molecule is c1ccc(-c2ccc(-c3nc(-c4ccccc4)nc(-c4ccc(-c5nc(-c6ccccc6)nc(-c6ccccc6)n5)cc4)n3)cc2)cc1. The quantitative estimate of drug-likeness (QED) is 0.177. The van der Waals surface area contributed by atoms with Crippen LogP contribution in [0.25, 0.3) is 79.5 Å². The maximum absolute atomic E-state index is 4.95. The van der Waals surface area contributed by atoms with Crippen molar-refractivity contribution in [2.24, 2.45) is 0 Å². The fraction of sp³-hybridized carbons (Fsp3) is 0. The molecule has 0 radical (unpaired) electrons. The van der Waals surface area contributed by atoms with E-state index in [4.69, 9.17) is 29.9 Å². The Kier molecular flexibility index (Phi) is 7.79. The van der Waals surface area contributed by atoms with E-state index in [0.29, 0.717) is 34.9 Å². The first-order valence-electron chi connectivity index (χ1n) is 15.7. The molecule has 0 saturated heterocycles. The van der Waals surface area contributed by atoms with Gasteiger partial charge < -0.3 is 0 Å². The first kappa shape index (κ1) is 28.8. The first-order valence-corrected chi connectivity index (χ1v) is 15.7. The molecule has 48 heavy (non-hydrogen) atoms. The summed E-state index contributed by atoms with van der Waals surface area (Å²) in [5.74, 6) is 3.65. The van der Waals surface area contributed by atoms with Gasteiger partial charge in [-0.2, -0.15) is 0 Å². The van der Waals surface area contributed by atoms with E-state index in [9.17, 15) is 0 Å². The molecule has 0 aliphatic rings. The summed E-state index contributed by atoms with van der Waals surface area (Å²) in [4.78, 5) is 29.3. The van der Waals surface area contributed by atoms with Crippen molar-refractivity contribution in [3.05, 3.63) is 170 Å². The summed E-state index contributed by atoms with van der Waals surface area (Å²) in [6.45, 7) is 0. The van der Waals surface area contributed by atoms with Crippen molar-refractivity contribution in [3.8, 4) is 79.5 Å². The Morgan fingerprint density at radius 2 is 0.333 bits per heavy atom. The number of hydrogen-bond acceptors (Lipinski definition) is 6. The Morgan fingerprint density at radius 1 is 0.167 bits per heavy atom. The monoisotopic (exact) mass is 616 g/mol. The number of nitrogens with zero attached hydrogens (tertiary/aromatic N) is 6. The molecule has 6 aromatic carbocycles. The molecule has 0 aliphatic heterocycles. The summed E-state index contributed by atoms with van der Waals surface area (Å²) in [5.41, 5.74) is 7.72. The third-order valence-electron chi connectivity index (χ3n) is 8.02. The molecule has 0 spiro atoms. The van der Waals surface area contributed by atoms with Gasteiger partial charge in [0.05, 0.1) is 0 Å². The highest BCUT2D eigenvalue weighted by atomic mass is 15.0. The molecule has 0 N–H and O–H groups in total. The van der Waals surface area contributed by atoms with Crippen molar-refractivity contribution in [1.82, 2.24) is 29.9 Å². The molecule has 2 aromatic heterocycles. The van der Waals surface area contributed by atoms with Crippen molar-refractivity contribution >= 4 is 0 Å². The maximum Gasteiger partial charge on any atom is 0.164 e. The molecule has 6 heteroatoms. The van der Waals surface area contributed by atoms with Crippen LogP contribution in [0.2, 0.25) is 0 Å². The van der Waals surface area contributed by atoms with E-state index in [1.807, 2.05) is 133 Å². The Hall–Kier alpha value is -6.66. The molecule has 6 nitrogen and oxygen atoms in total. The Morgan fingerprint density at radius 3 is 0.583 bits per heavy atom. The minimum atomic E-state index is 0.586. The van der Waals surface area contributed by atoms with E-state index >= 15 is 0 Å². The van der Waals surface area contributed by atoms with Crippen LogP contribution in [0.4, 0.5) is 0 Å². The number of hydrogen-bond donors (Lipinski definition) is 0. The molecule has 2 heterocycles. The molecular formula is C42H28N6. The molecule has 8 rings (SSSR count). The summed E-state index contributed by atoms with van der Waals surface area (Å²) < 4.78 is 0. The average Bonchev–Trinajstić information content (AvgIpc) is 3.19. The molecule has 8 aromatic rings. The second-order valence-corrected chi connectivity index (χ2v) is 11.2. The minimum absolute atomic E-state index is 0.586. The zero-order valence-corrected chi connectivity index (χ0v) is 25.8. The van der Waals surface area contributed by atoms with Crippen LogP contribution in [0, 0.1) is 0 Å². The second kappa shape index (κ2) is 13.0. The highest BCUT2D eigenvalue weighted by Crippen LogP contribution is 2.29. The third kappa shape index (κ3) is 6.10. The Labute approximate surface area is 278 Å². The molecule has 0 saturated carbocycles. The zero-order chi connectivity index (χ0) is 32.1. The van der Waals surface area contributed by atoms with Gasteiger partial charge in [0.15, 0.2) is 34.9 Å². The number of rotatable bonds is 7. The second-order valence-electron chi connectivity index (χ2n) is 11.2. The van der Waals surface area contributed by atoms with Crippen LogP contribution >= 0.6 is 0 Å². The van der Waals surface area contributed by atoms with E-state index < -0.39 is 0 Å². The summed E-state index contributed by atoms with van der Waals surface area (Å²) in [5, 5.41) is 0. The van der Waals surface area contributed by atoms with Crippen LogP contribution in [-0.4, -0.2) is 29.9 Å². The van der Waals surface area contributed by atoms with Crippen molar-refractivity contribution in [3.63, 3.8) is 0 Å². The normalized spacial score (nSPS) is 10.9. The molecule has 226 valence electrons. The summed E-state index contributed by atoms with van der Waals surface area (Å²) in [6, 6.07) is 56.6. The highest BCUT2D eigenvalue weighted by Gasteiger charge is 2.15. The lowest BCUT2D eigenvalue weighted by atomic mass is 10.0. The van der Waals surface area contributed by atoms with Crippen LogP contribution in [0.15, 0.2) is 170 Å². The van der Waals surface area contributed by atoms with E-state index in [2.05, 4.69) is 36.4 Å². The van der Waals surface area contributed by atoms with Gasteiger partial charge in [-0.15, -0.1) is 0 Å². The third-order valence-corrected chi connectivity index (χ3v) is 8.02. The van der Waals surface area contributed by atoms with E-state index in [-0.39, 0.29) is 0 Å². The van der Waals surface area contributed by atoms with Gasteiger partial charge >= 0.3 is 0 Å². The van der Waals surface area contributed by atoms with Crippen molar-refractivity contribution in [1.29, 1.82) is 0 Å². The molecular weight excluding hydrogens is 589 g/mol. The van der Waals surface area contributed by atoms with Crippen LogP contribution in [0.3, 0.4) is 0 Å². The van der Waals surface area contributed by atoms with Gasteiger partial charge in [-0.1, -0.05) is 170 Å². The van der Waals surface area contributed by atoms with Crippen molar-refractivity contribution in [2.45, 2.75) is 0 Å². The molecule has 0 fully saturated rings. The predicted octanol–water partition coefficient (Wildman–Crippen LogP) is 9.73. The lowest BCUT2D eigenvalue weighted by Crippen LogP contribution is -2.01. The van der Waals surface area contributed by atoms with Crippen molar-refractivity contribution < 1.29 is 0 Å². The lowest BCUT2D eigenvalue weighted by molar-refractivity contribution is 1.07. The number of aromatic nitrogens is 6. The molecule has 0 aliphatic carbocycles. The van der Waals surface area contributed by atoms with Crippen molar-refractivity contribution in [2.75, 3.05) is 0 Å². The molecule has 0 atom stereocenters. The van der Waals surface area contributed by atoms with Gasteiger partial charge in [-0.3, -0.25) is 0 Å². The van der Waals surface area contributed by atoms with Crippen LogP contribution in [0.1, 0.15) is 0 Å². The number of benzene rings is 6. The van der Waals surface area contributed by atoms with Crippen LogP contribution in [0.5, 0.6) is 0 Å². The molecule has 0 bridgehead atoms. The topological polar surface area (TPSA) is 77.3 Å². The van der Waals surface area contributed by atoms with Crippen LogP contribution in [-0.2, 0) is 0 Å². The zero-order valence-electron chi connectivity index (χ0n) is 25.8. The maximum atomic E-state index is 4.95. The minimum Gasteiger partial charge on any atom is -0.208 e. The van der Waals surface area contributed by atoms with Gasteiger partial charge in [0.25, 0.3) is 0 Å². The smallest absolute Gasteiger partial charge is 0.164 e. The summed E-state index contributed by atoms with van der Waals surface area (Å²) in [6.07, 6.45) is 0. The fourth-order valence-electron chi connectivity index (χ4n) is 5.50. The largest absolute Gasteiger partial charge is 0.208 e. The molecule has 0 amide bonds. The van der Waals surface area contributed by atoms with E-state index in [1.54, 1.807) is 0 Å². The van der Waals surface area contributed by atoms with E-state index in [0.717, 1.165) is 44.5 Å². The molecule has 0 unspecified atom stereocenters. The average molecular weight is 617 g/mol. The lowest BCUT2D eigenvalue weighted by Gasteiger charge is -2.10. The highest BCUT2D eigenvalue weighted by molar-refractivity contribution is 5.72. The Balaban J connectivity index is 1.18. The first-order chi connectivity index (χ1) is 23.8. The van der Waals surface area contributed by atoms with Gasteiger partial charge in [0.2, 0.25) is 0 Å². The van der Waals surface area contributed by atoms with E-state index in [1.165, 1.54) is 0 Å². The summed E-state index contributed by atoms with van der Waals surface area (Å²) >= 11 is 0. The van der Waals surface area contributed by atoms with Gasteiger partial charge in [0.1, 0.15) is 0 Å². The van der Waals surface area contributed by atoms with Gasteiger partial charge in [0, 0.05) is 33.4 Å². The standard InChI is InChI=1S/C42H28N6/c1-5-13-29(14-6-1)30-21-23-34(24-22-30)40-46-39(33-19-11-4-12-20-33)47-42(48-40)36-27-25-35(26-28-36)41-44-37(31-15-7-2-8-16-31)43-38(45-41)32-17-9-3-10-18-32/h1-28H.